The summed E-state index contributed by atoms with van der Waals surface area (Å²) in [4.78, 5) is 11.1. The van der Waals surface area contributed by atoms with E-state index < -0.39 is 0 Å². The van der Waals surface area contributed by atoms with E-state index in [4.69, 9.17) is 4.74 Å². The van der Waals surface area contributed by atoms with E-state index in [0.717, 1.165) is 24.8 Å². The maximum Gasteiger partial charge on any atom is 0.334 e. The van der Waals surface area contributed by atoms with Gasteiger partial charge in [0.1, 0.15) is 6.10 Å². The Morgan fingerprint density at radius 2 is 2.42 bits per heavy atom. The van der Waals surface area contributed by atoms with Crippen molar-refractivity contribution in [1.82, 2.24) is 0 Å². The molecule has 12 heavy (non-hydrogen) atoms. The lowest BCUT2D eigenvalue weighted by atomic mass is 10.1. The number of carbonyl (C=O) groups is 1. The van der Waals surface area contributed by atoms with Gasteiger partial charge in [-0.2, -0.15) is 0 Å². The number of hydrogen-bond donors (Lipinski definition) is 0. The number of ether oxygens (including phenoxy) is 1. The van der Waals surface area contributed by atoms with Gasteiger partial charge in [-0.15, -0.1) is 0 Å². The maximum atomic E-state index is 11.1. The fourth-order valence-electron chi connectivity index (χ4n) is 1.34. The Morgan fingerprint density at radius 1 is 1.67 bits per heavy atom. The summed E-state index contributed by atoms with van der Waals surface area (Å²) in [5.41, 5.74) is 0.871. The molecule has 0 aliphatic carbocycles. The van der Waals surface area contributed by atoms with Crippen LogP contribution >= 0.6 is 0 Å². The predicted octanol–water partition coefficient (Wildman–Crippen LogP) is 2.44. The summed E-state index contributed by atoms with van der Waals surface area (Å²) in [5, 5.41) is 0. The molecule has 0 amide bonds. The third kappa shape index (κ3) is 2.36. The van der Waals surface area contributed by atoms with E-state index in [1.807, 2.05) is 13.0 Å². The van der Waals surface area contributed by atoms with Crippen molar-refractivity contribution in [1.29, 1.82) is 0 Å². The molecule has 0 aromatic rings. The predicted molar refractivity (Wildman–Crippen MR) is 47.8 cm³/mol. The first-order valence-corrected chi connectivity index (χ1v) is 4.64. The minimum Gasteiger partial charge on any atom is -0.459 e. The van der Waals surface area contributed by atoms with Crippen molar-refractivity contribution < 1.29 is 9.53 Å². The Balaban J connectivity index is 2.41. The molecule has 2 heteroatoms. The zero-order chi connectivity index (χ0) is 8.97. The van der Waals surface area contributed by atoms with Crippen LogP contribution in [-0.4, -0.2) is 12.1 Å². The summed E-state index contributed by atoms with van der Waals surface area (Å²) in [5.74, 6) is -0.112. The minimum absolute atomic E-state index is 0.0883. The molecule has 1 aliphatic rings. The molecule has 1 atom stereocenters. The highest BCUT2D eigenvalue weighted by Gasteiger charge is 2.24. The van der Waals surface area contributed by atoms with Gasteiger partial charge in [0.25, 0.3) is 0 Å². The molecule has 0 saturated carbocycles. The molecular weight excluding hydrogens is 152 g/mol. The van der Waals surface area contributed by atoms with Gasteiger partial charge in [0.15, 0.2) is 0 Å². The van der Waals surface area contributed by atoms with Crippen LogP contribution < -0.4 is 0 Å². The van der Waals surface area contributed by atoms with Gasteiger partial charge in [-0.3, -0.25) is 0 Å². The number of cyclic esters (lactones) is 1. The van der Waals surface area contributed by atoms with Gasteiger partial charge < -0.3 is 4.74 Å². The SMILES string of the molecule is CCCC/C=C1\CC(C)OC1=O. The zero-order valence-electron chi connectivity index (χ0n) is 7.80. The van der Waals surface area contributed by atoms with E-state index in [-0.39, 0.29) is 12.1 Å². The molecule has 1 unspecified atom stereocenters. The molecule has 0 radical (unpaired) electrons. The van der Waals surface area contributed by atoms with E-state index in [1.165, 1.54) is 6.42 Å². The second-order valence-corrected chi connectivity index (χ2v) is 3.29. The summed E-state index contributed by atoms with van der Waals surface area (Å²) in [6, 6.07) is 0. The topological polar surface area (TPSA) is 26.3 Å². The Morgan fingerprint density at radius 3 is 2.92 bits per heavy atom. The molecule has 1 rings (SSSR count). The van der Waals surface area contributed by atoms with Crippen LogP contribution in [0.4, 0.5) is 0 Å². The monoisotopic (exact) mass is 168 g/mol. The number of carbonyl (C=O) groups excluding carboxylic acids is 1. The highest BCUT2D eigenvalue weighted by Crippen LogP contribution is 2.20. The molecule has 1 aliphatic heterocycles. The van der Waals surface area contributed by atoms with Crippen LogP contribution in [0.25, 0.3) is 0 Å². The van der Waals surface area contributed by atoms with Gasteiger partial charge >= 0.3 is 5.97 Å². The zero-order valence-corrected chi connectivity index (χ0v) is 7.80. The first kappa shape index (κ1) is 9.30. The van der Waals surface area contributed by atoms with E-state index in [0.29, 0.717) is 0 Å². The highest BCUT2D eigenvalue weighted by atomic mass is 16.5. The van der Waals surface area contributed by atoms with Crippen molar-refractivity contribution in [3.63, 3.8) is 0 Å². The average molecular weight is 168 g/mol. The molecule has 0 spiro atoms. The van der Waals surface area contributed by atoms with Crippen LogP contribution in [0.3, 0.4) is 0 Å². The lowest BCUT2D eigenvalue weighted by Gasteiger charge is -1.94. The molecular formula is C10H16O2. The molecule has 68 valence electrons. The summed E-state index contributed by atoms with van der Waals surface area (Å²) >= 11 is 0. The number of allylic oxidation sites excluding steroid dienone is 1. The second-order valence-electron chi connectivity index (χ2n) is 3.29. The second kappa shape index (κ2) is 4.29. The molecule has 0 N–H and O–H groups in total. The lowest BCUT2D eigenvalue weighted by molar-refractivity contribution is -0.138. The van der Waals surface area contributed by atoms with Crippen molar-refractivity contribution in [2.24, 2.45) is 0 Å². The number of unbranched alkanes of at least 4 members (excludes halogenated alkanes) is 2. The van der Waals surface area contributed by atoms with Gasteiger partial charge in [0, 0.05) is 12.0 Å². The summed E-state index contributed by atoms with van der Waals surface area (Å²) in [6.07, 6.45) is 6.25. The normalized spacial score (nSPS) is 26.3. The summed E-state index contributed by atoms with van der Waals surface area (Å²) in [7, 11) is 0. The Kier molecular flexibility index (Phi) is 3.32. The van der Waals surface area contributed by atoms with Gasteiger partial charge in [0.05, 0.1) is 0 Å². The smallest absolute Gasteiger partial charge is 0.334 e. The number of rotatable bonds is 3. The van der Waals surface area contributed by atoms with Crippen LogP contribution in [0.5, 0.6) is 0 Å². The highest BCUT2D eigenvalue weighted by molar-refractivity contribution is 5.90. The van der Waals surface area contributed by atoms with Crippen LogP contribution in [0.2, 0.25) is 0 Å². The molecule has 2 nitrogen and oxygen atoms in total. The first-order chi connectivity index (χ1) is 5.74. The molecule has 0 aromatic heterocycles. The summed E-state index contributed by atoms with van der Waals surface area (Å²) < 4.78 is 5.00. The van der Waals surface area contributed by atoms with Gasteiger partial charge in [-0.1, -0.05) is 25.8 Å². The Bertz CT molecular complexity index is 194. The number of esters is 1. The van der Waals surface area contributed by atoms with E-state index in [2.05, 4.69) is 6.92 Å². The Labute approximate surface area is 73.6 Å². The van der Waals surface area contributed by atoms with Gasteiger partial charge in [0.2, 0.25) is 0 Å². The standard InChI is InChI=1S/C10H16O2/c1-3-4-5-6-9-7-8(2)12-10(9)11/h6,8H,3-5,7H2,1-2H3/b9-6+. The van der Waals surface area contributed by atoms with Gasteiger partial charge in [-0.25, -0.2) is 4.79 Å². The van der Waals surface area contributed by atoms with Crippen molar-refractivity contribution in [3.8, 4) is 0 Å². The van der Waals surface area contributed by atoms with Crippen molar-refractivity contribution >= 4 is 5.97 Å². The Hall–Kier alpha value is -0.790. The van der Waals surface area contributed by atoms with E-state index >= 15 is 0 Å². The largest absolute Gasteiger partial charge is 0.459 e. The van der Waals surface area contributed by atoms with E-state index in [1.54, 1.807) is 0 Å². The average Bonchev–Trinajstić information content (AvgIpc) is 2.31. The van der Waals surface area contributed by atoms with Crippen LogP contribution in [0.15, 0.2) is 11.6 Å². The minimum atomic E-state index is -0.112. The van der Waals surface area contributed by atoms with Crippen LogP contribution in [0.1, 0.15) is 39.5 Å². The van der Waals surface area contributed by atoms with E-state index in [9.17, 15) is 4.79 Å². The lowest BCUT2D eigenvalue weighted by Crippen LogP contribution is -1.99. The number of hydrogen-bond acceptors (Lipinski definition) is 2. The summed E-state index contributed by atoms with van der Waals surface area (Å²) in [6.45, 7) is 4.08. The van der Waals surface area contributed by atoms with Gasteiger partial charge in [-0.05, 0) is 13.3 Å². The maximum absolute atomic E-state index is 11.1. The third-order valence-corrected chi connectivity index (χ3v) is 2.03. The van der Waals surface area contributed by atoms with Crippen molar-refractivity contribution in [3.05, 3.63) is 11.6 Å². The molecule has 0 aromatic carbocycles. The third-order valence-electron chi connectivity index (χ3n) is 2.03. The fraction of sp³-hybridized carbons (Fsp3) is 0.700. The molecule has 1 saturated heterocycles. The van der Waals surface area contributed by atoms with Crippen molar-refractivity contribution in [2.45, 2.75) is 45.6 Å². The molecule has 0 bridgehead atoms. The molecule has 1 fully saturated rings. The van der Waals surface area contributed by atoms with Crippen LogP contribution in [0, 0.1) is 0 Å². The quantitative estimate of drug-likeness (QED) is 0.367. The van der Waals surface area contributed by atoms with Crippen LogP contribution in [-0.2, 0) is 9.53 Å². The molecule has 1 heterocycles. The fourth-order valence-corrected chi connectivity index (χ4v) is 1.34. The first-order valence-electron chi connectivity index (χ1n) is 4.64. The van der Waals surface area contributed by atoms with Crippen molar-refractivity contribution in [2.75, 3.05) is 0 Å².